The van der Waals surface area contributed by atoms with Gasteiger partial charge in [-0.15, -0.1) is 5.10 Å². The third-order valence-corrected chi connectivity index (χ3v) is 2.84. The zero-order valence-electron chi connectivity index (χ0n) is 9.13. The monoisotopic (exact) mass is 244 g/mol. The summed E-state index contributed by atoms with van der Waals surface area (Å²) in [6, 6.07) is 9.45. The molecule has 3 heterocycles. The smallest absolute Gasteiger partial charge is 0.183 e. The molecule has 0 fully saturated rings. The molecule has 84 valence electrons. The number of aromatic nitrogens is 4. The van der Waals surface area contributed by atoms with Gasteiger partial charge < -0.3 is 0 Å². The van der Waals surface area contributed by atoms with Crippen molar-refractivity contribution in [3.63, 3.8) is 0 Å². The van der Waals surface area contributed by atoms with Crippen LogP contribution in [-0.4, -0.2) is 19.7 Å². The molecule has 0 bridgehead atoms. The van der Waals surface area contributed by atoms with Gasteiger partial charge in [-0.1, -0.05) is 17.7 Å². The first kappa shape index (κ1) is 10.2. The van der Waals surface area contributed by atoms with Gasteiger partial charge in [-0.2, -0.15) is 0 Å². The summed E-state index contributed by atoms with van der Waals surface area (Å²) >= 11 is 6.26. The average Bonchev–Trinajstić information content (AvgIpc) is 2.68. The summed E-state index contributed by atoms with van der Waals surface area (Å²) in [5, 5.41) is 5.70. The van der Waals surface area contributed by atoms with Crippen molar-refractivity contribution < 1.29 is 0 Å². The fraction of sp³-hybridized carbons (Fsp3) is 0.0833. The van der Waals surface area contributed by atoms with E-state index in [0.717, 1.165) is 11.1 Å². The molecule has 3 aromatic heterocycles. The normalized spacial score (nSPS) is 10.9. The van der Waals surface area contributed by atoms with Crippen LogP contribution in [0.2, 0.25) is 5.15 Å². The van der Waals surface area contributed by atoms with Crippen LogP contribution >= 0.6 is 11.6 Å². The second-order valence-electron chi connectivity index (χ2n) is 3.71. The molecule has 0 radical (unpaired) electrons. The summed E-state index contributed by atoms with van der Waals surface area (Å²) in [7, 11) is 0. The van der Waals surface area contributed by atoms with Crippen molar-refractivity contribution in [2.75, 3.05) is 0 Å². The summed E-state index contributed by atoms with van der Waals surface area (Å²) in [5.41, 5.74) is 1.55. The molecular weight excluding hydrogens is 236 g/mol. The molecule has 0 saturated carbocycles. The third kappa shape index (κ3) is 1.66. The quantitative estimate of drug-likeness (QED) is 0.661. The van der Waals surface area contributed by atoms with Gasteiger partial charge in [-0.25, -0.2) is 14.6 Å². The first-order chi connectivity index (χ1) is 8.25. The Labute approximate surface area is 103 Å². The van der Waals surface area contributed by atoms with Gasteiger partial charge in [-0.3, -0.25) is 0 Å². The van der Waals surface area contributed by atoms with Crippen LogP contribution in [0, 0.1) is 6.92 Å². The van der Waals surface area contributed by atoms with Gasteiger partial charge in [-0.05, 0) is 31.2 Å². The Morgan fingerprint density at radius 2 is 2.06 bits per heavy atom. The van der Waals surface area contributed by atoms with Crippen LogP contribution < -0.4 is 0 Å². The zero-order chi connectivity index (χ0) is 11.8. The predicted octanol–water partition coefficient (Wildman–Crippen LogP) is 2.78. The van der Waals surface area contributed by atoms with Crippen molar-refractivity contribution in [3.8, 4) is 5.82 Å². The summed E-state index contributed by atoms with van der Waals surface area (Å²) < 4.78 is 1.60. The van der Waals surface area contributed by atoms with Crippen LogP contribution in [0.5, 0.6) is 0 Å². The highest BCUT2D eigenvalue weighted by atomic mass is 35.5. The molecule has 0 spiro atoms. The van der Waals surface area contributed by atoms with Crippen molar-refractivity contribution in [1.29, 1.82) is 0 Å². The topological polar surface area (TPSA) is 43.6 Å². The minimum atomic E-state index is 0.534. The van der Waals surface area contributed by atoms with E-state index in [-0.39, 0.29) is 0 Å². The minimum absolute atomic E-state index is 0.534. The fourth-order valence-corrected chi connectivity index (χ4v) is 1.96. The van der Waals surface area contributed by atoms with Gasteiger partial charge in [0.05, 0.1) is 5.39 Å². The number of pyridine rings is 2. The molecule has 0 amide bonds. The van der Waals surface area contributed by atoms with E-state index in [9.17, 15) is 0 Å². The van der Waals surface area contributed by atoms with Crippen LogP contribution in [0.1, 0.15) is 5.69 Å². The van der Waals surface area contributed by atoms with Crippen molar-refractivity contribution in [2.24, 2.45) is 0 Å². The molecule has 17 heavy (non-hydrogen) atoms. The van der Waals surface area contributed by atoms with Crippen LogP contribution in [0.3, 0.4) is 0 Å². The van der Waals surface area contributed by atoms with Crippen molar-refractivity contribution >= 4 is 22.6 Å². The lowest BCUT2D eigenvalue weighted by Crippen LogP contribution is -2.00. The molecule has 0 saturated heterocycles. The molecule has 0 aliphatic heterocycles. The fourth-order valence-electron chi connectivity index (χ4n) is 1.69. The lowest BCUT2D eigenvalue weighted by Gasteiger charge is -2.01. The predicted molar refractivity (Wildman–Crippen MR) is 66.4 cm³/mol. The summed E-state index contributed by atoms with van der Waals surface area (Å²) in [6.07, 6.45) is 1.69. The Kier molecular flexibility index (Phi) is 2.30. The summed E-state index contributed by atoms with van der Waals surface area (Å²) in [6.45, 7) is 1.93. The number of hydrogen-bond donors (Lipinski definition) is 0. The Morgan fingerprint density at radius 3 is 2.82 bits per heavy atom. The molecule has 0 N–H and O–H groups in total. The van der Waals surface area contributed by atoms with E-state index in [4.69, 9.17) is 11.6 Å². The van der Waals surface area contributed by atoms with Gasteiger partial charge >= 0.3 is 0 Å². The van der Waals surface area contributed by atoms with E-state index < -0.39 is 0 Å². The Hall–Kier alpha value is -1.94. The maximum atomic E-state index is 6.26. The number of hydrogen-bond acceptors (Lipinski definition) is 3. The maximum absolute atomic E-state index is 6.26. The van der Waals surface area contributed by atoms with Crippen LogP contribution in [0.15, 0.2) is 36.5 Å². The maximum Gasteiger partial charge on any atom is 0.183 e. The van der Waals surface area contributed by atoms with Gasteiger partial charge in [0.1, 0.15) is 5.15 Å². The SMILES string of the molecule is Cc1cccc(-n2nc3ncccc3c2Cl)n1. The van der Waals surface area contributed by atoms with E-state index in [0.29, 0.717) is 16.6 Å². The van der Waals surface area contributed by atoms with E-state index in [1.165, 1.54) is 0 Å². The highest BCUT2D eigenvalue weighted by Gasteiger charge is 2.11. The highest BCUT2D eigenvalue weighted by molar-refractivity contribution is 6.34. The van der Waals surface area contributed by atoms with E-state index in [1.807, 2.05) is 37.3 Å². The first-order valence-corrected chi connectivity index (χ1v) is 5.57. The van der Waals surface area contributed by atoms with Crippen molar-refractivity contribution in [2.45, 2.75) is 6.92 Å². The number of rotatable bonds is 1. The molecule has 5 heteroatoms. The lowest BCUT2D eigenvalue weighted by atomic mass is 10.3. The minimum Gasteiger partial charge on any atom is -0.235 e. The van der Waals surface area contributed by atoms with Gasteiger partial charge in [0.25, 0.3) is 0 Å². The molecule has 3 rings (SSSR count). The first-order valence-electron chi connectivity index (χ1n) is 5.19. The molecule has 3 aromatic rings. The van der Waals surface area contributed by atoms with E-state index in [1.54, 1.807) is 10.9 Å². The third-order valence-electron chi connectivity index (χ3n) is 2.48. The molecule has 0 atom stereocenters. The summed E-state index contributed by atoms with van der Waals surface area (Å²) in [5.74, 6) is 0.702. The standard InChI is InChI=1S/C12H9ClN4/c1-8-4-2-6-10(15-8)17-11(13)9-5-3-7-14-12(9)16-17/h2-7H,1H3. The average molecular weight is 245 g/mol. The van der Waals surface area contributed by atoms with Crippen LogP contribution in [0.25, 0.3) is 16.9 Å². The Bertz CT molecular complexity index is 690. The second-order valence-corrected chi connectivity index (χ2v) is 4.07. The Morgan fingerprint density at radius 1 is 1.18 bits per heavy atom. The molecular formula is C12H9ClN4. The van der Waals surface area contributed by atoms with Crippen molar-refractivity contribution in [3.05, 3.63) is 47.4 Å². The van der Waals surface area contributed by atoms with Crippen molar-refractivity contribution in [1.82, 2.24) is 19.7 Å². The number of nitrogens with zero attached hydrogens (tertiary/aromatic N) is 4. The number of aryl methyl sites for hydroxylation is 1. The highest BCUT2D eigenvalue weighted by Crippen LogP contribution is 2.23. The van der Waals surface area contributed by atoms with E-state index >= 15 is 0 Å². The molecule has 0 aliphatic rings. The summed E-state index contributed by atoms with van der Waals surface area (Å²) in [4.78, 5) is 8.55. The van der Waals surface area contributed by atoms with Gasteiger partial charge in [0, 0.05) is 11.9 Å². The largest absolute Gasteiger partial charge is 0.235 e. The van der Waals surface area contributed by atoms with Crippen LogP contribution in [0.4, 0.5) is 0 Å². The van der Waals surface area contributed by atoms with Crippen LogP contribution in [-0.2, 0) is 0 Å². The van der Waals surface area contributed by atoms with E-state index in [2.05, 4.69) is 15.1 Å². The molecule has 0 unspecified atom stereocenters. The number of halogens is 1. The van der Waals surface area contributed by atoms with Gasteiger partial charge in [0.2, 0.25) is 0 Å². The molecule has 0 aromatic carbocycles. The zero-order valence-corrected chi connectivity index (χ0v) is 9.89. The Balaban J connectivity index is 2.27. The second kappa shape index (κ2) is 3.82. The molecule has 4 nitrogen and oxygen atoms in total. The number of fused-ring (bicyclic) bond motifs is 1. The van der Waals surface area contributed by atoms with Gasteiger partial charge in [0.15, 0.2) is 11.5 Å². The molecule has 0 aliphatic carbocycles. The lowest BCUT2D eigenvalue weighted by molar-refractivity contribution is 0.849.